The molecule has 5 heteroatoms. The molecule has 4 nitrogen and oxygen atoms in total. The van der Waals surface area contributed by atoms with Gasteiger partial charge in [-0.2, -0.15) is 0 Å². The first-order chi connectivity index (χ1) is 10.1. The average molecular weight is 309 g/mol. The molecule has 1 aliphatic heterocycles. The first-order valence-electron chi connectivity index (χ1n) is 7.61. The number of halogens is 1. The lowest BCUT2D eigenvalue weighted by Crippen LogP contribution is -2.38. The van der Waals surface area contributed by atoms with Crippen molar-refractivity contribution < 1.29 is 0 Å². The number of piperidine rings is 1. The first kappa shape index (κ1) is 16.1. The zero-order chi connectivity index (χ0) is 15.2. The molecule has 0 aliphatic carbocycles. The highest BCUT2D eigenvalue weighted by atomic mass is 35.5. The number of rotatable bonds is 4. The summed E-state index contributed by atoms with van der Waals surface area (Å²) in [5.74, 6) is 1.01. The van der Waals surface area contributed by atoms with E-state index < -0.39 is 0 Å². The minimum Gasteiger partial charge on any atom is -0.370 e. The van der Waals surface area contributed by atoms with E-state index >= 15 is 0 Å². The Hall–Kier alpha value is -1.26. The molecule has 116 valence electrons. The van der Waals surface area contributed by atoms with Crippen molar-refractivity contribution in [2.45, 2.75) is 25.8 Å². The van der Waals surface area contributed by atoms with Crippen molar-refractivity contribution in [3.63, 3.8) is 0 Å². The molecule has 0 radical (unpaired) electrons. The van der Waals surface area contributed by atoms with E-state index in [1.165, 1.54) is 18.4 Å². The highest BCUT2D eigenvalue weighted by Gasteiger charge is 2.30. The predicted octanol–water partition coefficient (Wildman–Crippen LogP) is 2.65. The summed E-state index contributed by atoms with van der Waals surface area (Å²) in [5.41, 5.74) is 7.12. The third kappa shape index (κ3) is 4.35. The lowest BCUT2D eigenvalue weighted by atomic mass is 9.85. The van der Waals surface area contributed by atoms with Gasteiger partial charge in [0.2, 0.25) is 0 Å². The van der Waals surface area contributed by atoms with Crippen molar-refractivity contribution in [1.29, 1.82) is 0 Å². The second-order valence-electron chi connectivity index (χ2n) is 5.64. The molecule has 3 N–H and O–H groups in total. The Labute approximate surface area is 132 Å². The maximum absolute atomic E-state index is 6.15. The largest absolute Gasteiger partial charge is 0.370 e. The summed E-state index contributed by atoms with van der Waals surface area (Å²) in [4.78, 5) is 6.90. The fraction of sp³-hybridized carbons (Fsp3) is 0.562. The molecule has 0 spiro atoms. The van der Waals surface area contributed by atoms with E-state index in [2.05, 4.69) is 34.4 Å². The topological polar surface area (TPSA) is 53.6 Å². The van der Waals surface area contributed by atoms with Crippen LogP contribution in [0, 0.1) is 5.92 Å². The number of aliphatic imine (C=N–C) groups is 1. The van der Waals surface area contributed by atoms with E-state index in [0.29, 0.717) is 17.9 Å². The molecule has 2 unspecified atom stereocenters. The zero-order valence-corrected chi connectivity index (χ0v) is 13.6. The van der Waals surface area contributed by atoms with Gasteiger partial charge in [-0.05, 0) is 57.0 Å². The smallest absolute Gasteiger partial charge is 0.188 e. The molecule has 1 aliphatic rings. The van der Waals surface area contributed by atoms with Gasteiger partial charge in [-0.3, -0.25) is 9.89 Å². The van der Waals surface area contributed by atoms with Crippen molar-refractivity contribution in [1.82, 2.24) is 10.2 Å². The number of guanidine groups is 1. The highest BCUT2D eigenvalue weighted by molar-refractivity contribution is 6.30. The zero-order valence-electron chi connectivity index (χ0n) is 12.8. The maximum atomic E-state index is 6.15. The van der Waals surface area contributed by atoms with E-state index in [9.17, 15) is 0 Å². The third-order valence-electron chi connectivity index (χ3n) is 4.05. The summed E-state index contributed by atoms with van der Waals surface area (Å²) < 4.78 is 0. The Balaban J connectivity index is 2.15. The Morgan fingerprint density at radius 3 is 3.05 bits per heavy atom. The van der Waals surface area contributed by atoms with Crippen LogP contribution >= 0.6 is 11.6 Å². The molecule has 2 rings (SSSR count). The summed E-state index contributed by atoms with van der Waals surface area (Å²) in [6.07, 6.45) is 2.37. The maximum Gasteiger partial charge on any atom is 0.188 e. The van der Waals surface area contributed by atoms with Gasteiger partial charge in [-0.15, -0.1) is 0 Å². The number of hydrogen-bond acceptors (Lipinski definition) is 2. The molecule has 0 amide bonds. The minimum atomic E-state index is 0.357. The van der Waals surface area contributed by atoms with Crippen LogP contribution in [0.3, 0.4) is 0 Å². The lowest BCUT2D eigenvalue weighted by molar-refractivity contribution is 0.125. The molecule has 1 heterocycles. The summed E-state index contributed by atoms with van der Waals surface area (Å²) >= 11 is 6.15. The van der Waals surface area contributed by atoms with Crippen molar-refractivity contribution >= 4 is 17.6 Å². The number of likely N-dealkylation sites (tertiary alicyclic amines) is 1. The number of hydrogen-bond donors (Lipinski definition) is 2. The van der Waals surface area contributed by atoms with E-state index in [4.69, 9.17) is 17.3 Å². The van der Waals surface area contributed by atoms with Crippen LogP contribution in [0.2, 0.25) is 5.02 Å². The van der Waals surface area contributed by atoms with Crippen LogP contribution in [0.1, 0.15) is 31.4 Å². The summed E-state index contributed by atoms with van der Waals surface area (Å²) in [6.45, 7) is 4.68. The summed E-state index contributed by atoms with van der Waals surface area (Å²) in [6, 6.07) is 8.52. The Bertz CT molecular complexity index is 489. The van der Waals surface area contributed by atoms with E-state index in [1.807, 2.05) is 19.1 Å². The van der Waals surface area contributed by atoms with Crippen molar-refractivity contribution in [2.24, 2.45) is 16.6 Å². The number of benzene rings is 1. The second kappa shape index (κ2) is 7.66. The van der Waals surface area contributed by atoms with Crippen LogP contribution in [0.4, 0.5) is 0 Å². The molecular formula is C16H25ClN4. The Kier molecular flexibility index (Phi) is 5.88. The highest BCUT2D eigenvalue weighted by Crippen LogP contribution is 2.35. The normalized spacial score (nSPS) is 24.0. The van der Waals surface area contributed by atoms with Crippen LogP contribution in [0.5, 0.6) is 0 Å². The monoisotopic (exact) mass is 308 g/mol. The van der Waals surface area contributed by atoms with Crippen molar-refractivity contribution in [3.8, 4) is 0 Å². The van der Waals surface area contributed by atoms with E-state index in [0.717, 1.165) is 24.7 Å². The first-order valence-corrected chi connectivity index (χ1v) is 7.99. The van der Waals surface area contributed by atoms with E-state index in [1.54, 1.807) is 0 Å². The van der Waals surface area contributed by atoms with E-state index in [-0.39, 0.29) is 0 Å². The van der Waals surface area contributed by atoms with Crippen LogP contribution < -0.4 is 11.1 Å². The predicted molar refractivity (Wildman–Crippen MR) is 89.7 cm³/mol. The molecule has 2 atom stereocenters. The van der Waals surface area contributed by atoms with Crippen LogP contribution in [-0.2, 0) is 0 Å². The van der Waals surface area contributed by atoms with Crippen molar-refractivity contribution in [2.75, 3.05) is 26.7 Å². The quantitative estimate of drug-likeness (QED) is 0.664. The van der Waals surface area contributed by atoms with Gasteiger partial charge >= 0.3 is 0 Å². The Morgan fingerprint density at radius 2 is 2.33 bits per heavy atom. The molecule has 1 fully saturated rings. The van der Waals surface area contributed by atoms with Gasteiger partial charge in [-0.1, -0.05) is 23.7 Å². The van der Waals surface area contributed by atoms with Gasteiger partial charge in [0.05, 0.1) is 0 Å². The van der Waals surface area contributed by atoms with Gasteiger partial charge in [0.15, 0.2) is 5.96 Å². The molecule has 0 aromatic heterocycles. The van der Waals surface area contributed by atoms with Gasteiger partial charge in [-0.25, -0.2) is 0 Å². The Morgan fingerprint density at radius 1 is 1.52 bits per heavy atom. The molecule has 0 saturated carbocycles. The fourth-order valence-corrected chi connectivity index (χ4v) is 3.32. The molecule has 1 saturated heterocycles. The van der Waals surface area contributed by atoms with Crippen molar-refractivity contribution in [3.05, 3.63) is 34.9 Å². The average Bonchev–Trinajstić information content (AvgIpc) is 2.45. The minimum absolute atomic E-state index is 0.357. The number of nitrogens with one attached hydrogen (secondary N) is 1. The van der Waals surface area contributed by atoms with Gasteiger partial charge in [0, 0.05) is 24.2 Å². The van der Waals surface area contributed by atoms with Crippen LogP contribution in [0.25, 0.3) is 0 Å². The molecular weight excluding hydrogens is 284 g/mol. The summed E-state index contributed by atoms with van der Waals surface area (Å²) in [7, 11) is 2.18. The summed E-state index contributed by atoms with van der Waals surface area (Å²) in [5, 5.41) is 3.85. The lowest BCUT2D eigenvalue weighted by Gasteiger charge is -2.39. The van der Waals surface area contributed by atoms with Gasteiger partial charge in [0.1, 0.15) is 0 Å². The number of nitrogens with zero attached hydrogens (tertiary/aromatic N) is 2. The fourth-order valence-electron chi connectivity index (χ4n) is 3.12. The van der Waals surface area contributed by atoms with Crippen LogP contribution in [0.15, 0.2) is 29.3 Å². The van der Waals surface area contributed by atoms with Gasteiger partial charge in [0.25, 0.3) is 0 Å². The molecule has 0 bridgehead atoms. The molecule has 1 aromatic carbocycles. The number of nitrogens with two attached hydrogens (primary N) is 1. The molecule has 1 aromatic rings. The van der Waals surface area contributed by atoms with Gasteiger partial charge < -0.3 is 11.1 Å². The SMILES string of the molecule is CCNC(N)=NCC1CCCN(C)C1c1cccc(Cl)c1. The molecule has 21 heavy (non-hydrogen) atoms. The van der Waals surface area contributed by atoms with Crippen LogP contribution in [-0.4, -0.2) is 37.5 Å². The second-order valence-corrected chi connectivity index (χ2v) is 6.08. The standard InChI is InChI=1S/C16H25ClN4/c1-3-19-16(18)20-11-13-7-5-9-21(2)15(13)12-6-4-8-14(17)10-12/h4,6,8,10,13,15H,3,5,7,9,11H2,1-2H3,(H3,18,19,20). The third-order valence-corrected chi connectivity index (χ3v) is 4.29.